The van der Waals surface area contributed by atoms with Crippen LogP contribution in [0.2, 0.25) is 0 Å². The van der Waals surface area contributed by atoms with Crippen molar-refractivity contribution in [2.45, 2.75) is 6.18 Å². The summed E-state index contributed by atoms with van der Waals surface area (Å²) < 4.78 is 46.0. The first-order valence-electron chi connectivity index (χ1n) is 7.43. The van der Waals surface area contributed by atoms with Gasteiger partial charge in [0.15, 0.2) is 23.0 Å². The van der Waals surface area contributed by atoms with Gasteiger partial charge in [-0.25, -0.2) is 9.97 Å². The lowest BCUT2D eigenvalue weighted by Gasteiger charge is -2.16. The van der Waals surface area contributed by atoms with E-state index in [1.165, 1.54) is 24.3 Å². The number of benzene rings is 2. The second-order valence-corrected chi connectivity index (χ2v) is 5.22. The van der Waals surface area contributed by atoms with Crippen LogP contribution in [0.3, 0.4) is 0 Å². The van der Waals surface area contributed by atoms with Crippen molar-refractivity contribution in [1.29, 1.82) is 0 Å². The molecule has 0 aliphatic rings. The van der Waals surface area contributed by atoms with E-state index in [0.29, 0.717) is 5.56 Å². The number of hydrogen-bond acceptors (Lipinski definition) is 4. The van der Waals surface area contributed by atoms with E-state index in [-0.39, 0.29) is 11.6 Å². The highest BCUT2D eigenvalue weighted by Gasteiger charge is 2.40. The Morgan fingerprint density at radius 2 is 1.50 bits per heavy atom. The predicted molar refractivity (Wildman–Crippen MR) is 87.5 cm³/mol. The molecule has 0 radical (unpaired) electrons. The van der Waals surface area contributed by atoms with Crippen LogP contribution in [-0.2, 0) is 6.18 Å². The summed E-state index contributed by atoms with van der Waals surface area (Å²) >= 11 is 0. The van der Waals surface area contributed by atoms with Crippen molar-refractivity contribution in [3.05, 3.63) is 72.1 Å². The SMILES string of the molecule is NC(=O)c1nc(-c2ccccc2)nc(C(F)(F)F)c1Oc1ccccc1. The number of carbonyl (C=O) groups is 1. The third-order valence-corrected chi connectivity index (χ3v) is 3.36. The van der Waals surface area contributed by atoms with Crippen LogP contribution in [0.5, 0.6) is 11.5 Å². The van der Waals surface area contributed by atoms with E-state index in [2.05, 4.69) is 9.97 Å². The fraction of sp³-hybridized carbons (Fsp3) is 0.0556. The summed E-state index contributed by atoms with van der Waals surface area (Å²) in [6.07, 6.45) is -4.87. The Kier molecular flexibility index (Phi) is 4.57. The Hall–Kier alpha value is -3.42. The maximum absolute atomic E-state index is 13.6. The molecule has 2 aromatic carbocycles. The van der Waals surface area contributed by atoms with E-state index >= 15 is 0 Å². The van der Waals surface area contributed by atoms with Gasteiger partial charge in [0.1, 0.15) is 5.75 Å². The average molecular weight is 359 g/mol. The molecule has 0 spiro atoms. The molecule has 132 valence electrons. The van der Waals surface area contributed by atoms with Gasteiger partial charge in [0.2, 0.25) is 0 Å². The van der Waals surface area contributed by atoms with E-state index in [4.69, 9.17) is 10.5 Å². The molecule has 0 saturated heterocycles. The lowest BCUT2D eigenvalue weighted by atomic mass is 10.2. The first-order valence-corrected chi connectivity index (χ1v) is 7.43. The molecule has 0 aliphatic carbocycles. The zero-order chi connectivity index (χ0) is 18.7. The van der Waals surface area contributed by atoms with Crippen LogP contribution in [-0.4, -0.2) is 15.9 Å². The molecular formula is C18H12F3N3O2. The van der Waals surface area contributed by atoms with Crippen molar-refractivity contribution in [1.82, 2.24) is 9.97 Å². The quantitative estimate of drug-likeness (QED) is 0.762. The average Bonchev–Trinajstić information content (AvgIpc) is 2.62. The summed E-state index contributed by atoms with van der Waals surface area (Å²) in [5.74, 6) is -2.15. The first-order chi connectivity index (χ1) is 12.4. The van der Waals surface area contributed by atoms with E-state index in [1.54, 1.807) is 36.4 Å². The van der Waals surface area contributed by atoms with E-state index in [1.807, 2.05) is 0 Å². The molecule has 1 amide bonds. The minimum absolute atomic E-state index is 0.0940. The summed E-state index contributed by atoms with van der Waals surface area (Å²) in [7, 11) is 0. The molecule has 0 unspecified atom stereocenters. The minimum Gasteiger partial charge on any atom is -0.453 e. The van der Waals surface area contributed by atoms with Crippen LogP contribution in [0.1, 0.15) is 16.2 Å². The maximum Gasteiger partial charge on any atom is 0.437 e. The van der Waals surface area contributed by atoms with Crippen molar-refractivity contribution >= 4 is 5.91 Å². The summed E-state index contributed by atoms with van der Waals surface area (Å²) in [5.41, 5.74) is 3.55. The second-order valence-electron chi connectivity index (χ2n) is 5.22. The Bertz CT molecular complexity index is 930. The van der Waals surface area contributed by atoms with Crippen LogP contribution in [0.15, 0.2) is 60.7 Å². The normalized spacial score (nSPS) is 11.2. The Labute approximate surface area is 146 Å². The van der Waals surface area contributed by atoms with E-state index in [0.717, 1.165) is 0 Å². The van der Waals surface area contributed by atoms with Crippen LogP contribution >= 0.6 is 0 Å². The monoisotopic (exact) mass is 359 g/mol. The number of nitrogens with zero attached hydrogens (tertiary/aromatic N) is 2. The lowest BCUT2D eigenvalue weighted by Crippen LogP contribution is -2.20. The molecule has 5 nitrogen and oxygen atoms in total. The van der Waals surface area contributed by atoms with Crippen LogP contribution in [0.4, 0.5) is 13.2 Å². The molecule has 0 aliphatic heterocycles. The highest BCUT2D eigenvalue weighted by atomic mass is 19.4. The molecule has 1 aromatic heterocycles. The molecule has 2 N–H and O–H groups in total. The van der Waals surface area contributed by atoms with Crippen molar-refractivity contribution < 1.29 is 22.7 Å². The van der Waals surface area contributed by atoms with Gasteiger partial charge >= 0.3 is 6.18 Å². The largest absolute Gasteiger partial charge is 0.453 e. The molecule has 3 rings (SSSR count). The van der Waals surface area contributed by atoms with Gasteiger partial charge in [-0.15, -0.1) is 0 Å². The number of halogens is 3. The van der Waals surface area contributed by atoms with Gasteiger partial charge < -0.3 is 10.5 Å². The molecule has 26 heavy (non-hydrogen) atoms. The molecule has 0 saturated carbocycles. The molecular weight excluding hydrogens is 347 g/mol. The Morgan fingerprint density at radius 3 is 2.04 bits per heavy atom. The number of aromatic nitrogens is 2. The van der Waals surface area contributed by atoms with Gasteiger partial charge in [-0.1, -0.05) is 48.5 Å². The summed E-state index contributed by atoms with van der Waals surface area (Å²) in [6, 6.07) is 15.7. The molecule has 1 heterocycles. The van der Waals surface area contributed by atoms with Crippen molar-refractivity contribution in [3.63, 3.8) is 0 Å². The predicted octanol–water partition coefficient (Wildman–Crippen LogP) is 4.05. The number of carbonyl (C=O) groups excluding carboxylic acids is 1. The van der Waals surface area contributed by atoms with Crippen LogP contribution in [0, 0.1) is 0 Å². The molecule has 0 bridgehead atoms. The van der Waals surface area contributed by atoms with Crippen LogP contribution in [0.25, 0.3) is 11.4 Å². The molecule has 3 aromatic rings. The highest BCUT2D eigenvalue weighted by molar-refractivity contribution is 5.94. The molecule has 0 fully saturated rings. The van der Waals surface area contributed by atoms with Gasteiger partial charge in [-0.2, -0.15) is 13.2 Å². The minimum atomic E-state index is -4.87. The number of ether oxygens (including phenoxy) is 1. The van der Waals surface area contributed by atoms with E-state index < -0.39 is 29.2 Å². The second kappa shape index (κ2) is 6.83. The maximum atomic E-state index is 13.6. The van der Waals surface area contributed by atoms with Crippen molar-refractivity contribution in [3.8, 4) is 22.9 Å². The third-order valence-electron chi connectivity index (χ3n) is 3.36. The van der Waals surface area contributed by atoms with Crippen LogP contribution < -0.4 is 10.5 Å². The van der Waals surface area contributed by atoms with Gasteiger partial charge in [-0.3, -0.25) is 4.79 Å². The fourth-order valence-electron chi connectivity index (χ4n) is 2.23. The highest BCUT2D eigenvalue weighted by Crippen LogP contribution is 2.39. The number of para-hydroxylation sites is 1. The zero-order valence-electron chi connectivity index (χ0n) is 13.2. The summed E-state index contributed by atoms with van der Waals surface area (Å²) in [6.45, 7) is 0. The zero-order valence-corrected chi connectivity index (χ0v) is 13.2. The number of amides is 1. The number of rotatable bonds is 4. The number of primary amides is 1. The lowest BCUT2D eigenvalue weighted by molar-refractivity contribution is -0.142. The summed E-state index contributed by atoms with van der Waals surface area (Å²) in [5, 5.41) is 0. The van der Waals surface area contributed by atoms with Crippen molar-refractivity contribution in [2.75, 3.05) is 0 Å². The van der Waals surface area contributed by atoms with E-state index in [9.17, 15) is 18.0 Å². The smallest absolute Gasteiger partial charge is 0.437 e. The van der Waals surface area contributed by atoms with Crippen molar-refractivity contribution in [2.24, 2.45) is 5.73 Å². The Balaban J connectivity index is 2.23. The molecule has 0 atom stereocenters. The van der Waals surface area contributed by atoms with Gasteiger partial charge in [0.25, 0.3) is 5.91 Å². The number of hydrogen-bond donors (Lipinski definition) is 1. The summed E-state index contributed by atoms with van der Waals surface area (Å²) in [4.78, 5) is 19.2. The fourth-order valence-corrected chi connectivity index (χ4v) is 2.23. The van der Waals surface area contributed by atoms with Gasteiger partial charge in [0, 0.05) is 5.56 Å². The first kappa shape index (κ1) is 17.4. The number of alkyl halides is 3. The van der Waals surface area contributed by atoms with Gasteiger partial charge in [-0.05, 0) is 12.1 Å². The Morgan fingerprint density at radius 1 is 0.923 bits per heavy atom. The topological polar surface area (TPSA) is 78.1 Å². The number of nitrogens with two attached hydrogens (primary N) is 1. The molecule has 8 heteroatoms. The van der Waals surface area contributed by atoms with Gasteiger partial charge in [0.05, 0.1) is 0 Å². The standard InChI is InChI=1S/C18H12F3N3O2/c19-18(20,21)15-14(26-12-9-5-2-6-10-12)13(16(22)25)23-17(24-15)11-7-3-1-4-8-11/h1-10H,(H2,22,25). The third kappa shape index (κ3) is 3.64.